The van der Waals surface area contributed by atoms with Crippen LogP contribution >= 0.6 is 0 Å². The molecule has 1 amide bonds. The molecule has 6 heteroatoms. The maximum absolute atomic E-state index is 13.0. The molecule has 2 fully saturated rings. The van der Waals surface area contributed by atoms with Crippen LogP contribution in [0, 0.1) is 0 Å². The van der Waals surface area contributed by atoms with Crippen LogP contribution in [-0.2, 0) is 17.6 Å². The summed E-state index contributed by atoms with van der Waals surface area (Å²) in [6.07, 6.45) is 2.91. The summed E-state index contributed by atoms with van der Waals surface area (Å²) in [6.45, 7) is 8.69. The van der Waals surface area contributed by atoms with Crippen molar-refractivity contribution in [3.63, 3.8) is 0 Å². The van der Waals surface area contributed by atoms with Gasteiger partial charge >= 0.3 is 0 Å². The monoisotopic (exact) mass is 434 g/mol. The summed E-state index contributed by atoms with van der Waals surface area (Å²) in [6, 6.07) is 15.4. The Morgan fingerprint density at radius 1 is 1.09 bits per heavy atom. The number of aryl methyl sites for hydroxylation is 1. The number of anilines is 2. The molecule has 2 aliphatic heterocycles. The summed E-state index contributed by atoms with van der Waals surface area (Å²) in [5.74, 6) is 0.0278. The van der Waals surface area contributed by atoms with Gasteiger partial charge in [0.1, 0.15) is 0 Å². The van der Waals surface area contributed by atoms with Gasteiger partial charge in [0.25, 0.3) is 5.91 Å². The van der Waals surface area contributed by atoms with Crippen LogP contribution in [0.3, 0.4) is 0 Å². The summed E-state index contributed by atoms with van der Waals surface area (Å²) < 4.78 is 5.43. The average molecular weight is 435 g/mol. The van der Waals surface area contributed by atoms with Crippen molar-refractivity contribution in [1.29, 1.82) is 0 Å². The predicted octanol–water partition coefficient (Wildman–Crippen LogP) is 2.61. The Balaban J connectivity index is 1.26. The molecule has 0 aromatic heterocycles. The largest absolute Gasteiger partial charge is 0.378 e. The molecule has 2 saturated heterocycles. The molecule has 1 unspecified atom stereocenters. The number of hydrogen-bond acceptors (Lipinski definition) is 5. The van der Waals surface area contributed by atoms with Crippen molar-refractivity contribution in [2.24, 2.45) is 0 Å². The first-order valence-electron chi connectivity index (χ1n) is 12.0. The van der Waals surface area contributed by atoms with Gasteiger partial charge in [0, 0.05) is 61.7 Å². The first-order chi connectivity index (χ1) is 15.7. The van der Waals surface area contributed by atoms with E-state index in [1.165, 1.54) is 16.8 Å². The molecule has 170 valence electrons. The van der Waals surface area contributed by atoms with E-state index in [4.69, 9.17) is 4.74 Å². The zero-order valence-corrected chi connectivity index (χ0v) is 19.0. The molecular weight excluding hydrogens is 400 g/mol. The van der Waals surface area contributed by atoms with Crippen molar-refractivity contribution in [1.82, 2.24) is 10.6 Å². The number of ether oxygens (including phenoxy) is 1. The number of amides is 1. The third-order valence-electron chi connectivity index (χ3n) is 7.11. The van der Waals surface area contributed by atoms with Crippen LogP contribution in [0.4, 0.5) is 11.4 Å². The summed E-state index contributed by atoms with van der Waals surface area (Å²) in [5, 5.41) is 6.80. The molecule has 2 aromatic rings. The molecule has 1 aliphatic carbocycles. The number of hydrogen-bond donors (Lipinski definition) is 2. The number of rotatable bonds is 4. The SMILES string of the molecule is CC1CNCCN1c1cccc2c1C[C@H](NC(=O)c1ccc(N3CCOCC3)cc1)CC2. The molecule has 0 saturated carbocycles. The number of nitrogens with zero attached hydrogens (tertiary/aromatic N) is 2. The van der Waals surface area contributed by atoms with Gasteiger partial charge in [0.15, 0.2) is 0 Å². The van der Waals surface area contributed by atoms with Gasteiger partial charge in [0.05, 0.1) is 13.2 Å². The van der Waals surface area contributed by atoms with Gasteiger partial charge in [-0.3, -0.25) is 4.79 Å². The second kappa shape index (κ2) is 9.51. The number of fused-ring (bicyclic) bond motifs is 1. The molecule has 0 bridgehead atoms. The van der Waals surface area contributed by atoms with Gasteiger partial charge in [-0.2, -0.15) is 0 Å². The van der Waals surface area contributed by atoms with E-state index in [-0.39, 0.29) is 11.9 Å². The minimum Gasteiger partial charge on any atom is -0.378 e. The first-order valence-corrected chi connectivity index (χ1v) is 12.0. The summed E-state index contributed by atoms with van der Waals surface area (Å²) >= 11 is 0. The zero-order chi connectivity index (χ0) is 21.9. The van der Waals surface area contributed by atoms with E-state index in [1.807, 2.05) is 12.1 Å². The van der Waals surface area contributed by atoms with Crippen LogP contribution < -0.4 is 20.4 Å². The lowest BCUT2D eigenvalue weighted by Crippen LogP contribution is -2.50. The van der Waals surface area contributed by atoms with Gasteiger partial charge in [-0.1, -0.05) is 12.1 Å². The number of benzene rings is 2. The van der Waals surface area contributed by atoms with E-state index in [1.54, 1.807) is 0 Å². The molecule has 3 aliphatic rings. The molecular formula is C26H34N4O2. The second-order valence-electron chi connectivity index (χ2n) is 9.22. The highest BCUT2D eigenvalue weighted by Gasteiger charge is 2.27. The van der Waals surface area contributed by atoms with Gasteiger partial charge in [-0.15, -0.1) is 0 Å². The van der Waals surface area contributed by atoms with Gasteiger partial charge in [0.2, 0.25) is 0 Å². The maximum Gasteiger partial charge on any atom is 0.251 e. The lowest BCUT2D eigenvalue weighted by Gasteiger charge is -2.39. The third-order valence-corrected chi connectivity index (χ3v) is 7.11. The van der Waals surface area contributed by atoms with Gasteiger partial charge < -0.3 is 25.2 Å². The number of piperazine rings is 1. The molecule has 2 aromatic carbocycles. The van der Waals surface area contributed by atoms with Crippen LogP contribution in [0.15, 0.2) is 42.5 Å². The molecule has 2 heterocycles. The number of carbonyl (C=O) groups excluding carboxylic acids is 1. The van der Waals surface area contributed by atoms with E-state index in [2.05, 4.69) is 57.7 Å². The third kappa shape index (κ3) is 4.48. The highest BCUT2D eigenvalue weighted by atomic mass is 16.5. The van der Waals surface area contributed by atoms with Gasteiger partial charge in [-0.05, 0) is 67.6 Å². The first kappa shape index (κ1) is 21.3. The highest BCUT2D eigenvalue weighted by molar-refractivity contribution is 5.94. The Morgan fingerprint density at radius 3 is 2.69 bits per heavy atom. The topological polar surface area (TPSA) is 56.8 Å². The highest BCUT2D eigenvalue weighted by Crippen LogP contribution is 2.32. The minimum absolute atomic E-state index is 0.0278. The van der Waals surface area contributed by atoms with E-state index >= 15 is 0 Å². The Labute approximate surface area is 190 Å². The average Bonchev–Trinajstić information content (AvgIpc) is 2.85. The van der Waals surface area contributed by atoms with Crippen molar-refractivity contribution in [2.45, 2.75) is 38.3 Å². The van der Waals surface area contributed by atoms with E-state index < -0.39 is 0 Å². The van der Waals surface area contributed by atoms with Crippen molar-refractivity contribution in [2.75, 3.05) is 55.7 Å². The molecule has 5 rings (SSSR count). The summed E-state index contributed by atoms with van der Waals surface area (Å²) in [7, 11) is 0. The fraction of sp³-hybridized carbons (Fsp3) is 0.500. The van der Waals surface area contributed by atoms with Crippen LogP contribution in [-0.4, -0.2) is 63.9 Å². The van der Waals surface area contributed by atoms with Crippen molar-refractivity contribution < 1.29 is 9.53 Å². The van der Waals surface area contributed by atoms with E-state index in [0.717, 1.165) is 76.5 Å². The Bertz CT molecular complexity index is 939. The standard InChI is InChI=1S/C26H34N4O2/c1-19-18-27-11-12-30(19)25-4-2-3-20-5-8-22(17-24(20)25)28-26(31)21-6-9-23(10-7-21)29-13-15-32-16-14-29/h2-4,6-7,9-10,19,22,27H,5,8,11-18H2,1H3,(H,28,31)/t19?,22-/m1/s1. The molecule has 0 radical (unpaired) electrons. The van der Waals surface area contributed by atoms with Crippen molar-refractivity contribution in [3.8, 4) is 0 Å². The lowest BCUT2D eigenvalue weighted by atomic mass is 9.86. The molecule has 0 spiro atoms. The Hall–Kier alpha value is -2.57. The van der Waals surface area contributed by atoms with Crippen LogP contribution in [0.5, 0.6) is 0 Å². The maximum atomic E-state index is 13.0. The predicted molar refractivity (Wildman–Crippen MR) is 129 cm³/mol. The normalized spacial score (nSPS) is 23.5. The van der Waals surface area contributed by atoms with Crippen LogP contribution in [0.25, 0.3) is 0 Å². The number of nitrogens with one attached hydrogen (secondary N) is 2. The smallest absolute Gasteiger partial charge is 0.251 e. The molecule has 2 atom stereocenters. The number of morpholine rings is 1. The van der Waals surface area contributed by atoms with E-state index in [0.29, 0.717) is 6.04 Å². The van der Waals surface area contributed by atoms with Crippen molar-refractivity contribution in [3.05, 3.63) is 59.2 Å². The molecule has 2 N–H and O–H groups in total. The molecule has 6 nitrogen and oxygen atoms in total. The second-order valence-corrected chi connectivity index (χ2v) is 9.22. The quantitative estimate of drug-likeness (QED) is 0.775. The van der Waals surface area contributed by atoms with Crippen LogP contribution in [0.1, 0.15) is 34.8 Å². The number of carbonyl (C=O) groups is 1. The molecule has 32 heavy (non-hydrogen) atoms. The minimum atomic E-state index is 0.0278. The van der Waals surface area contributed by atoms with Crippen molar-refractivity contribution >= 4 is 17.3 Å². The Morgan fingerprint density at radius 2 is 1.91 bits per heavy atom. The fourth-order valence-corrected chi connectivity index (χ4v) is 5.27. The fourth-order valence-electron chi connectivity index (χ4n) is 5.27. The summed E-state index contributed by atoms with van der Waals surface area (Å²) in [5.41, 5.74) is 6.10. The summed E-state index contributed by atoms with van der Waals surface area (Å²) in [4.78, 5) is 17.8. The van der Waals surface area contributed by atoms with Crippen LogP contribution in [0.2, 0.25) is 0 Å². The lowest BCUT2D eigenvalue weighted by molar-refractivity contribution is 0.0933. The zero-order valence-electron chi connectivity index (χ0n) is 19.0. The Kier molecular flexibility index (Phi) is 6.32. The van der Waals surface area contributed by atoms with Gasteiger partial charge in [-0.25, -0.2) is 0 Å². The van der Waals surface area contributed by atoms with E-state index in [9.17, 15) is 4.79 Å².